The van der Waals surface area contributed by atoms with Gasteiger partial charge >= 0.3 is 6.36 Å². The third-order valence-electron chi connectivity index (χ3n) is 2.07. The zero-order valence-corrected chi connectivity index (χ0v) is 9.05. The lowest BCUT2D eigenvalue weighted by molar-refractivity contribution is -0.276. The van der Waals surface area contributed by atoms with Gasteiger partial charge in [-0.2, -0.15) is 5.26 Å². The first-order valence-corrected chi connectivity index (χ1v) is 4.65. The van der Waals surface area contributed by atoms with Crippen molar-refractivity contribution in [3.05, 3.63) is 22.9 Å². The molecule has 0 saturated heterocycles. The van der Waals surface area contributed by atoms with Crippen LogP contribution in [0, 0.1) is 18.3 Å². The van der Waals surface area contributed by atoms with Gasteiger partial charge in [-0.1, -0.05) is 0 Å². The van der Waals surface area contributed by atoms with E-state index in [0.29, 0.717) is 0 Å². The van der Waals surface area contributed by atoms with Gasteiger partial charge in [0.2, 0.25) is 5.88 Å². The lowest BCUT2D eigenvalue weighted by Crippen LogP contribution is -2.20. The predicted molar refractivity (Wildman–Crippen MR) is 49.9 cm³/mol. The quantitative estimate of drug-likeness (QED) is 0.788. The zero-order valence-electron chi connectivity index (χ0n) is 9.05. The van der Waals surface area contributed by atoms with Gasteiger partial charge in [0.1, 0.15) is 0 Å². The number of hydrogen-bond acceptors (Lipinski definition) is 3. The van der Waals surface area contributed by atoms with Gasteiger partial charge in [-0.15, -0.1) is 13.2 Å². The Morgan fingerprint density at radius 2 is 2.06 bits per heavy atom. The van der Waals surface area contributed by atoms with Crippen LogP contribution in [0.4, 0.5) is 22.0 Å². The van der Waals surface area contributed by atoms with Crippen molar-refractivity contribution in [2.24, 2.45) is 0 Å². The fourth-order valence-corrected chi connectivity index (χ4v) is 1.41. The van der Waals surface area contributed by atoms with Crippen LogP contribution in [0.1, 0.15) is 23.1 Å². The average molecular weight is 266 g/mol. The summed E-state index contributed by atoms with van der Waals surface area (Å²) in [6, 6.07) is 1.51. The summed E-state index contributed by atoms with van der Waals surface area (Å²) in [6.07, 6.45) is -7.85. The Balaban J connectivity index is 3.35. The molecule has 0 N–H and O–H groups in total. The summed E-state index contributed by atoms with van der Waals surface area (Å²) in [4.78, 5) is 3.30. The maximum atomic E-state index is 12.8. The molecule has 1 aromatic heterocycles. The molecule has 0 atom stereocenters. The smallest absolute Gasteiger partial charge is 0.388 e. The molecule has 0 aliphatic rings. The van der Waals surface area contributed by atoms with Crippen molar-refractivity contribution in [3.63, 3.8) is 0 Å². The summed E-state index contributed by atoms with van der Waals surface area (Å²) in [5.74, 6) is -1.01. The third kappa shape index (κ3) is 3.29. The summed E-state index contributed by atoms with van der Waals surface area (Å²) in [5.41, 5.74) is -1.18. The van der Waals surface area contributed by atoms with E-state index in [4.69, 9.17) is 5.26 Å². The number of alkyl halides is 5. The Hall–Kier alpha value is -1.91. The largest absolute Gasteiger partial charge is 0.574 e. The molecule has 98 valence electrons. The first-order chi connectivity index (χ1) is 8.26. The van der Waals surface area contributed by atoms with Crippen LogP contribution >= 0.6 is 0 Å². The molecule has 0 spiro atoms. The first-order valence-electron chi connectivity index (χ1n) is 4.65. The monoisotopic (exact) mass is 266 g/mol. The van der Waals surface area contributed by atoms with Gasteiger partial charge in [-0.25, -0.2) is 13.8 Å². The maximum absolute atomic E-state index is 12.8. The summed E-state index contributed by atoms with van der Waals surface area (Å²) in [7, 11) is 0. The molecule has 18 heavy (non-hydrogen) atoms. The van der Waals surface area contributed by atoms with Crippen LogP contribution in [0.3, 0.4) is 0 Å². The minimum atomic E-state index is -5.05. The van der Waals surface area contributed by atoms with Crippen LogP contribution in [-0.2, 0) is 6.42 Å². The second-order valence-corrected chi connectivity index (χ2v) is 3.32. The number of aromatic nitrogens is 1. The average Bonchev–Trinajstić information content (AvgIpc) is 2.20. The Bertz CT molecular complexity index is 478. The van der Waals surface area contributed by atoms with Crippen molar-refractivity contribution in [2.75, 3.05) is 0 Å². The summed E-state index contributed by atoms with van der Waals surface area (Å²) in [6.45, 7) is 1.27. The molecule has 1 heterocycles. The molecule has 0 amide bonds. The van der Waals surface area contributed by atoms with Crippen molar-refractivity contribution in [3.8, 4) is 11.9 Å². The molecule has 1 rings (SSSR count). The molecule has 0 radical (unpaired) electrons. The minimum absolute atomic E-state index is 0.00442. The number of rotatable bonds is 3. The molecular weight excluding hydrogens is 259 g/mol. The molecule has 0 saturated carbocycles. The highest BCUT2D eigenvalue weighted by Gasteiger charge is 2.34. The van der Waals surface area contributed by atoms with Gasteiger partial charge in [-0.05, 0) is 12.5 Å². The predicted octanol–water partition coefficient (Wildman–Crippen LogP) is 3.29. The van der Waals surface area contributed by atoms with Gasteiger partial charge in [-0.3, -0.25) is 0 Å². The number of nitrogens with zero attached hydrogens (tertiary/aromatic N) is 2. The number of nitriles is 1. The lowest BCUT2D eigenvalue weighted by atomic mass is 10.0. The Morgan fingerprint density at radius 1 is 1.44 bits per heavy atom. The van der Waals surface area contributed by atoms with E-state index < -0.39 is 36.2 Å². The fourth-order valence-electron chi connectivity index (χ4n) is 1.41. The molecule has 0 aliphatic carbocycles. The van der Waals surface area contributed by atoms with E-state index in [2.05, 4.69) is 9.72 Å². The second-order valence-electron chi connectivity index (χ2n) is 3.32. The standard InChI is InChI=1S/C10H7F5N2O/c1-5-4-17-9(18-10(13,14)15)6(2-3-16)7(5)8(11)12/h4,8H,2H2,1H3. The fraction of sp³-hybridized carbons (Fsp3) is 0.400. The van der Waals surface area contributed by atoms with Crippen molar-refractivity contribution in [1.29, 1.82) is 5.26 Å². The highest BCUT2D eigenvalue weighted by Crippen LogP contribution is 2.33. The van der Waals surface area contributed by atoms with Gasteiger partial charge < -0.3 is 4.74 Å². The second kappa shape index (κ2) is 5.16. The maximum Gasteiger partial charge on any atom is 0.574 e. The summed E-state index contributed by atoms with van der Waals surface area (Å²) < 4.78 is 65.2. The van der Waals surface area contributed by atoms with E-state index >= 15 is 0 Å². The molecule has 0 fully saturated rings. The van der Waals surface area contributed by atoms with Gasteiger partial charge in [0.25, 0.3) is 6.43 Å². The molecule has 1 aromatic rings. The van der Waals surface area contributed by atoms with E-state index in [1.54, 1.807) is 0 Å². The van der Waals surface area contributed by atoms with Crippen molar-refractivity contribution in [1.82, 2.24) is 4.98 Å². The number of pyridine rings is 1. The van der Waals surface area contributed by atoms with E-state index in [9.17, 15) is 22.0 Å². The van der Waals surface area contributed by atoms with Gasteiger partial charge in [0.05, 0.1) is 12.5 Å². The van der Waals surface area contributed by atoms with Crippen LogP contribution in [0.25, 0.3) is 0 Å². The van der Waals surface area contributed by atoms with Crippen LogP contribution in [0.5, 0.6) is 5.88 Å². The van der Waals surface area contributed by atoms with Gasteiger partial charge in [0, 0.05) is 17.3 Å². The van der Waals surface area contributed by atoms with E-state index in [1.807, 2.05) is 0 Å². The van der Waals surface area contributed by atoms with Crippen LogP contribution in [-0.4, -0.2) is 11.3 Å². The summed E-state index contributed by atoms with van der Waals surface area (Å²) >= 11 is 0. The van der Waals surface area contributed by atoms with Crippen LogP contribution in [0.15, 0.2) is 6.20 Å². The van der Waals surface area contributed by atoms with E-state index in [0.717, 1.165) is 6.20 Å². The van der Waals surface area contributed by atoms with Crippen molar-refractivity contribution in [2.45, 2.75) is 26.1 Å². The molecule has 0 unspecified atom stereocenters. The number of hydrogen-bond donors (Lipinski definition) is 0. The molecule has 0 bridgehead atoms. The number of ether oxygens (including phenoxy) is 1. The number of halogens is 5. The Labute approximate surface area is 98.8 Å². The lowest BCUT2D eigenvalue weighted by Gasteiger charge is -2.15. The molecular formula is C10H7F5N2O. The summed E-state index contributed by atoms with van der Waals surface area (Å²) in [5, 5.41) is 8.48. The Morgan fingerprint density at radius 3 is 2.50 bits per heavy atom. The van der Waals surface area contributed by atoms with Crippen molar-refractivity contribution >= 4 is 0 Å². The topological polar surface area (TPSA) is 45.9 Å². The van der Waals surface area contributed by atoms with Crippen molar-refractivity contribution < 1.29 is 26.7 Å². The molecule has 0 aliphatic heterocycles. The minimum Gasteiger partial charge on any atom is -0.388 e. The highest BCUT2D eigenvalue weighted by molar-refractivity contribution is 5.42. The molecule has 0 aromatic carbocycles. The van der Waals surface area contributed by atoms with Gasteiger partial charge in [0.15, 0.2) is 0 Å². The molecule has 8 heteroatoms. The van der Waals surface area contributed by atoms with E-state index in [1.165, 1.54) is 13.0 Å². The normalized spacial score (nSPS) is 11.4. The SMILES string of the molecule is Cc1cnc(OC(F)(F)F)c(CC#N)c1C(F)F. The highest BCUT2D eigenvalue weighted by atomic mass is 19.4. The van der Waals surface area contributed by atoms with Crippen LogP contribution < -0.4 is 4.74 Å². The van der Waals surface area contributed by atoms with Crippen LogP contribution in [0.2, 0.25) is 0 Å². The number of aryl methyl sites for hydroxylation is 1. The molecule has 3 nitrogen and oxygen atoms in total. The third-order valence-corrected chi connectivity index (χ3v) is 2.07. The Kier molecular flexibility index (Phi) is 4.06. The first kappa shape index (κ1) is 14.2. The van der Waals surface area contributed by atoms with E-state index in [-0.39, 0.29) is 5.56 Å². The zero-order chi connectivity index (χ0) is 13.9.